The van der Waals surface area contributed by atoms with Crippen molar-refractivity contribution in [3.05, 3.63) is 35.4 Å². The van der Waals surface area contributed by atoms with Crippen LogP contribution in [0.1, 0.15) is 36.8 Å². The lowest BCUT2D eigenvalue weighted by Gasteiger charge is -2.35. The molecule has 0 radical (unpaired) electrons. The molecule has 1 aromatic rings. The molecule has 1 saturated heterocycles. The summed E-state index contributed by atoms with van der Waals surface area (Å²) < 4.78 is 25.3. The van der Waals surface area contributed by atoms with E-state index in [-0.39, 0.29) is 18.0 Å². The molecule has 2 rings (SSSR count). The molecular formula is C14H21ClF2N2. The van der Waals surface area contributed by atoms with Crippen molar-refractivity contribution < 1.29 is 8.78 Å². The second-order valence-electron chi connectivity index (χ2n) is 4.90. The van der Waals surface area contributed by atoms with Crippen molar-refractivity contribution in [2.24, 2.45) is 5.73 Å². The molecule has 2 nitrogen and oxygen atoms in total. The lowest BCUT2D eigenvalue weighted by molar-refractivity contribution is 0.142. The zero-order valence-electron chi connectivity index (χ0n) is 10.9. The number of halogens is 3. The Morgan fingerprint density at radius 1 is 1.32 bits per heavy atom. The van der Waals surface area contributed by atoms with E-state index in [1.165, 1.54) is 18.9 Å². The van der Waals surface area contributed by atoms with Crippen molar-refractivity contribution in [2.45, 2.75) is 38.3 Å². The molecule has 5 heteroatoms. The van der Waals surface area contributed by atoms with Crippen LogP contribution in [-0.4, -0.2) is 24.0 Å². The van der Waals surface area contributed by atoms with E-state index in [1.54, 1.807) is 12.1 Å². The smallest absolute Gasteiger partial charge is 0.263 e. The van der Waals surface area contributed by atoms with Gasteiger partial charge in [-0.25, -0.2) is 8.78 Å². The number of hydrogen-bond donors (Lipinski definition) is 1. The minimum absolute atomic E-state index is 0. The summed E-state index contributed by atoms with van der Waals surface area (Å²) in [6.07, 6.45) is 1.11. The summed E-state index contributed by atoms with van der Waals surface area (Å²) in [5.74, 6) is 0. The fourth-order valence-corrected chi connectivity index (χ4v) is 2.60. The Bertz CT molecular complexity index is 387. The normalized spacial score (nSPS) is 20.3. The molecule has 0 saturated carbocycles. The van der Waals surface area contributed by atoms with E-state index >= 15 is 0 Å². The Labute approximate surface area is 119 Å². The molecule has 1 fully saturated rings. The van der Waals surface area contributed by atoms with Gasteiger partial charge in [-0.05, 0) is 31.0 Å². The first kappa shape index (κ1) is 16.3. The molecule has 0 aromatic heterocycles. The van der Waals surface area contributed by atoms with Gasteiger partial charge < -0.3 is 5.73 Å². The highest BCUT2D eigenvalue weighted by molar-refractivity contribution is 5.85. The quantitative estimate of drug-likeness (QED) is 0.921. The Morgan fingerprint density at radius 3 is 2.79 bits per heavy atom. The van der Waals surface area contributed by atoms with Crippen LogP contribution >= 0.6 is 12.4 Å². The molecule has 0 spiro atoms. The van der Waals surface area contributed by atoms with Gasteiger partial charge in [0.05, 0.1) is 0 Å². The molecule has 2 N–H and O–H groups in total. The largest absolute Gasteiger partial charge is 0.329 e. The van der Waals surface area contributed by atoms with Crippen molar-refractivity contribution in [3.8, 4) is 0 Å². The Kier molecular flexibility index (Phi) is 6.69. The number of hydrogen-bond acceptors (Lipinski definition) is 2. The van der Waals surface area contributed by atoms with Gasteiger partial charge in [0.1, 0.15) is 0 Å². The Balaban J connectivity index is 0.00000180. The second kappa shape index (κ2) is 7.78. The summed E-state index contributed by atoms with van der Waals surface area (Å²) in [6.45, 7) is 2.39. The zero-order valence-corrected chi connectivity index (χ0v) is 11.7. The topological polar surface area (TPSA) is 29.3 Å². The van der Waals surface area contributed by atoms with Gasteiger partial charge in [0.25, 0.3) is 6.43 Å². The van der Waals surface area contributed by atoms with E-state index in [0.717, 1.165) is 25.1 Å². The van der Waals surface area contributed by atoms with Gasteiger partial charge in [0.2, 0.25) is 0 Å². The van der Waals surface area contributed by atoms with E-state index in [1.807, 2.05) is 6.07 Å². The second-order valence-corrected chi connectivity index (χ2v) is 4.90. The van der Waals surface area contributed by atoms with Crippen molar-refractivity contribution in [2.75, 3.05) is 13.1 Å². The zero-order chi connectivity index (χ0) is 13.0. The molecule has 0 bridgehead atoms. The molecule has 1 aliphatic rings. The van der Waals surface area contributed by atoms with Crippen LogP contribution in [0.2, 0.25) is 0 Å². The standard InChI is InChI=1S/C14H20F2N2.ClH/c15-14(16)12-5-3-4-11(8-12)10-18-7-2-1-6-13(18)9-17;/h3-5,8,13-14H,1-2,6-7,9-10,17H2;1H. The summed E-state index contributed by atoms with van der Waals surface area (Å²) >= 11 is 0. The van der Waals surface area contributed by atoms with E-state index in [2.05, 4.69) is 4.90 Å². The molecule has 1 aromatic carbocycles. The molecule has 1 heterocycles. The minimum atomic E-state index is -2.39. The molecule has 19 heavy (non-hydrogen) atoms. The molecule has 0 aliphatic carbocycles. The average molecular weight is 291 g/mol. The first-order valence-electron chi connectivity index (χ1n) is 6.52. The van der Waals surface area contributed by atoms with Crippen LogP contribution in [0, 0.1) is 0 Å². The summed E-state index contributed by atoms with van der Waals surface area (Å²) in [4.78, 5) is 2.31. The molecule has 1 aliphatic heterocycles. The summed E-state index contributed by atoms with van der Waals surface area (Å²) in [5, 5.41) is 0. The number of benzene rings is 1. The van der Waals surface area contributed by atoms with Gasteiger partial charge in [-0.3, -0.25) is 4.90 Å². The van der Waals surface area contributed by atoms with Crippen LogP contribution in [0.4, 0.5) is 8.78 Å². The van der Waals surface area contributed by atoms with E-state index in [9.17, 15) is 8.78 Å². The monoisotopic (exact) mass is 290 g/mol. The summed E-state index contributed by atoms with van der Waals surface area (Å²) in [6, 6.07) is 7.10. The van der Waals surface area contributed by atoms with Crippen molar-refractivity contribution in [1.29, 1.82) is 0 Å². The third kappa shape index (κ3) is 4.41. The third-order valence-corrected chi connectivity index (χ3v) is 3.61. The maximum Gasteiger partial charge on any atom is 0.263 e. The number of nitrogens with two attached hydrogens (primary N) is 1. The summed E-state index contributed by atoms with van der Waals surface area (Å²) in [7, 11) is 0. The van der Waals surface area contributed by atoms with Gasteiger partial charge in [0.15, 0.2) is 0 Å². The van der Waals surface area contributed by atoms with Crippen LogP contribution in [0.5, 0.6) is 0 Å². The van der Waals surface area contributed by atoms with Crippen LogP contribution in [0.25, 0.3) is 0 Å². The molecule has 108 valence electrons. The van der Waals surface area contributed by atoms with Crippen molar-refractivity contribution in [1.82, 2.24) is 4.90 Å². The van der Waals surface area contributed by atoms with Gasteiger partial charge in [-0.2, -0.15) is 0 Å². The number of likely N-dealkylation sites (tertiary alicyclic amines) is 1. The fraction of sp³-hybridized carbons (Fsp3) is 0.571. The fourth-order valence-electron chi connectivity index (χ4n) is 2.60. The van der Waals surface area contributed by atoms with E-state index in [4.69, 9.17) is 5.73 Å². The molecular weight excluding hydrogens is 270 g/mol. The van der Waals surface area contributed by atoms with Crippen LogP contribution in [0.15, 0.2) is 24.3 Å². The third-order valence-electron chi connectivity index (χ3n) is 3.61. The predicted octanol–water partition coefficient (Wildman–Crippen LogP) is 3.36. The van der Waals surface area contributed by atoms with Gasteiger partial charge in [-0.15, -0.1) is 12.4 Å². The molecule has 1 unspecified atom stereocenters. The average Bonchev–Trinajstić information content (AvgIpc) is 2.39. The summed E-state index contributed by atoms with van der Waals surface area (Å²) in [5.41, 5.74) is 6.82. The maximum atomic E-state index is 12.6. The van der Waals surface area contributed by atoms with Crippen LogP contribution in [0.3, 0.4) is 0 Å². The first-order chi connectivity index (χ1) is 8.70. The number of rotatable bonds is 4. The van der Waals surface area contributed by atoms with Gasteiger partial charge >= 0.3 is 0 Å². The van der Waals surface area contributed by atoms with Gasteiger partial charge in [-0.1, -0.05) is 24.6 Å². The van der Waals surface area contributed by atoms with Gasteiger partial charge in [0, 0.05) is 24.7 Å². The Morgan fingerprint density at radius 2 is 2.11 bits per heavy atom. The van der Waals surface area contributed by atoms with E-state index < -0.39 is 6.43 Å². The highest BCUT2D eigenvalue weighted by atomic mass is 35.5. The van der Waals surface area contributed by atoms with Crippen molar-refractivity contribution >= 4 is 12.4 Å². The lowest BCUT2D eigenvalue weighted by Crippen LogP contribution is -2.43. The molecule has 1 atom stereocenters. The Hall–Kier alpha value is -0.710. The van der Waals surface area contributed by atoms with Crippen molar-refractivity contribution in [3.63, 3.8) is 0 Å². The van der Waals surface area contributed by atoms with Crippen LogP contribution < -0.4 is 5.73 Å². The number of alkyl halides is 2. The highest BCUT2D eigenvalue weighted by Crippen LogP contribution is 2.22. The first-order valence-corrected chi connectivity index (χ1v) is 6.52. The minimum Gasteiger partial charge on any atom is -0.329 e. The lowest BCUT2D eigenvalue weighted by atomic mass is 10.0. The number of nitrogens with zero attached hydrogens (tertiary/aromatic N) is 1. The predicted molar refractivity (Wildman–Crippen MR) is 75.8 cm³/mol. The number of piperidine rings is 1. The highest BCUT2D eigenvalue weighted by Gasteiger charge is 2.21. The SMILES string of the molecule is Cl.NCC1CCCCN1Cc1cccc(C(F)F)c1. The maximum absolute atomic E-state index is 12.6. The van der Waals surface area contributed by atoms with Crippen LogP contribution in [-0.2, 0) is 6.54 Å². The van der Waals surface area contributed by atoms with E-state index in [0.29, 0.717) is 12.6 Å². The molecule has 0 amide bonds.